The molecule has 1 amide bonds. The molecule has 3 N–H and O–H groups in total. The summed E-state index contributed by atoms with van der Waals surface area (Å²) in [5.41, 5.74) is 0.861. The smallest absolute Gasteiger partial charge is 0.323 e. The van der Waals surface area contributed by atoms with E-state index in [1.807, 2.05) is 30.3 Å². The van der Waals surface area contributed by atoms with E-state index in [9.17, 15) is 9.59 Å². The second kappa shape index (κ2) is 4.48. The standard InChI is InChI=1S/C11H11N3O2/c15-10(9-7-13-11(16)14-9)12-6-8-4-2-1-3-5-8/h1-5,7H,6H2,(H,12,15)(H2,13,14,16). The van der Waals surface area contributed by atoms with Gasteiger partial charge in [-0.05, 0) is 5.56 Å². The maximum absolute atomic E-state index is 11.5. The van der Waals surface area contributed by atoms with Crippen molar-refractivity contribution in [3.8, 4) is 0 Å². The van der Waals surface area contributed by atoms with Gasteiger partial charge >= 0.3 is 5.69 Å². The van der Waals surface area contributed by atoms with Crippen LogP contribution >= 0.6 is 0 Å². The number of aromatic nitrogens is 2. The van der Waals surface area contributed by atoms with Crippen LogP contribution in [0.2, 0.25) is 0 Å². The van der Waals surface area contributed by atoms with Crippen molar-refractivity contribution < 1.29 is 4.79 Å². The summed E-state index contributed by atoms with van der Waals surface area (Å²) >= 11 is 0. The number of H-pyrrole nitrogens is 2. The van der Waals surface area contributed by atoms with Gasteiger partial charge in [0.15, 0.2) is 0 Å². The molecule has 0 saturated carbocycles. The van der Waals surface area contributed by atoms with Crippen LogP contribution in [0.5, 0.6) is 0 Å². The molecule has 2 aromatic rings. The van der Waals surface area contributed by atoms with Crippen LogP contribution in [-0.4, -0.2) is 15.9 Å². The van der Waals surface area contributed by atoms with Crippen LogP contribution in [-0.2, 0) is 6.54 Å². The average molecular weight is 217 g/mol. The van der Waals surface area contributed by atoms with Crippen LogP contribution in [0.3, 0.4) is 0 Å². The minimum atomic E-state index is -0.384. The molecule has 0 atom stereocenters. The van der Waals surface area contributed by atoms with E-state index in [1.165, 1.54) is 6.20 Å². The molecule has 0 unspecified atom stereocenters. The van der Waals surface area contributed by atoms with Crippen LogP contribution in [0.4, 0.5) is 0 Å². The SMILES string of the molecule is O=C(NCc1ccccc1)c1c[nH]c(=O)[nH]1. The topological polar surface area (TPSA) is 77.8 Å². The van der Waals surface area contributed by atoms with Gasteiger partial charge in [-0.25, -0.2) is 4.79 Å². The monoisotopic (exact) mass is 217 g/mol. The molecule has 0 aliphatic heterocycles. The molecular formula is C11H11N3O2. The third kappa shape index (κ3) is 2.38. The van der Waals surface area contributed by atoms with Crippen molar-refractivity contribution in [2.45, 2.75) is 6.54 Å². The molecule has 5 nitrogen and oxygen atoms in total. The number of aromatic amines is 2. The minimum absolute atomic E-state index is 0.237. The lowest BCUT2D eigenvalue weighted by molar-refractivity contribution is 0.0946. The Bertz CT molecular complexity index is 527. The number of carbonyl (C=O) groups excluding carboxylic acids is 1. The van der Waals surface area contributed by atoms with E-state index in [4.69, 9.17) is 0 Å². The molecule has 82 valence electrons. The van der Waals surface area contributed by atoms with Gasteiger partial charge in [0, 0.05) is 12.7 Å². The van der Waals surface area contributed by atoms with Crippen molar-refractivity contribution in [1.29, 1.82) is 0 Å². The first-order chi connectivity index (χ1) is 7.75. The summed E-state index contributed by atoms with van der Waals surface area (Å²) in [7, 11) is 0. The maximum Gasteiger partial charge on any atom is 0.323 e. The first-order valence-electron chi connectivity index (χ1n) is 4.85. The number of rotatable bonds is 3. The molecule has 16 heavy (non-hydrogen) atoms. The number of nitrogens with one attached hydrogen (secondary N) is 3. The number of hydrogen-bond donors (Lipinski definition) is 3. The molecule has 1 aromatic carbocycles. The third-order valence-electron chi connectivity index (χ3n) is 2.14. The van der Waals surface area contributed by atoms with Crippen LogP contribution < -0.4 is 11.0 Å². The zero-order valence-electron chi connectivity index (χ0n) is 8.49. The molecular weight excluding hydrogens is 206 g/mol. The quantitative estimate of drug-likeness (QED) is 0.705. The first kappa shape index (κ1) is 10.2. The van der Waals surface area contributed by atoms with E-state index in [0.29, 0.717) is 6.54 Å². The third-order valence-corrected chi connectivity index (χ3v) is 2.14. The molecule has 5 heteroatoms. The molecule has 1 aromatic heterocycles. The van der Waals surface area contributed by atoms with E-state index in [0.717, 1.165) is 5.56 Å². The second-order valence-corrected chi connectivity index (χ2v) is 3.32. The van der Waals surface area contributed by atoms with Gasteiger partial charge in [0.25, 0.3) is 5.91 Å². The largest absolute Gasteiger partial charge is 0.347 e. The molecule has 0 spiro atoms. The van der Waals surface area contributed by atoms with Gasteiger partial charge in [-0.3, -0.25) is 4.79 Å². The van der Waals surface area contributed by atoms with E-state index < -0.39 is 0 Å². The Balaban J connectivity index is 1.97. The molecule has 0 saturated heterocycles. The summed E-state index contributed by atoms with van der Waals surface area (Å²) in [6.45, 7) is 0.437. The molecule has 0 bridgehead atoms. The van der Waals surface area contributed by atoms with E-state index in [-0.39, 0.29) is 17.3 Å². The highest BCUT2D eigenvalue weighted by molar-refractivity contribution is 5.91. The molecule has 1 heterocycles. The minimum Gasteiger partial charge on any atom is -0.347 e. The van der Waals surface area contributed by atoms with Gasteiger partial charge in [0.2, 0.25) is 0 Å². The van der Waals surface area contributed by atoms with Crippen molar-refractivity contribution in [2.24, 2.45) is 0 Å². The number of carbonyl (C=O) groups is 1. The summed E-state index contributed by atoms with van der Waals surface area (Å²) < 4.78 is 0. The summed E-state index contributed by atoms with van der Waals surface area (Å²) in [4.78, 5) is 27.1. The highest BCUT2D eigenvalue weighted by atomic mass is 16.2. The molecule has 0 aliphatic carbocycles. The van der Waals surface area contributed by atoms with Crippen molar-refractivity contribution in [1.82, 2.24) is 15.3 Å². The van der Waals surface area contributed by atoms with Gasteiger partial charge in [0.05, 0.1) is 0 Å². The number of imidazole rings is 1. The van der Waals surface area contributed by atoms with Gasteiger partial charge in [-0.2, -0.15) is 0 Å². The van der Waals surface area contributed by atoms with E-state index in [2.05, 4.69) is 15.3 Å². The summed E-state index contributed by atoms with van der Waals surface area (Å²) in [5.74, 6) is -0.304. The fraction of sp³-hybridized carbons (Fsp3) is 0.0909. The fourth-order valence-electron chi connectivity index (χ4n) is 1.33. The van der Waals surface area contributed by atoms with Gasteiger partial charge < -0.3 is 15.3 Å². The zero-order chi connectivity index (χ0) is 11.4. The van der Waals surface area contributed by atoms with Crippen LogP contribution in [0.25, 0.3) is 0 Å². The van der Waals surface area contributed by atoms with E-state index >= 15 is 0 Å². The molecule has 0 radical (unpaired) electrons. The highest BCUT2D eigenvalue weighted by Gasteiger charge is 2.06. The van der Waals surface area contributed by atoms with Crippen LogP contribution in [0.15, 0.2) is 41.3 Å². The molecule has 0 aliphatic rings. The Morgan fingerprint density at radius 2 is 2.00 bits per heavy atom. The highest BCUT2D eigenvalue weighted by Crippen LogP contribution is 1.98. The Morgan fingerprint density at radius 1 is 1.25 bits per heavy atom. The van der Waals surface area contributed by atoms with Gasteiger partial charge in [-0.15, -0.1) is 0 Å². The Morgan fingerprint density at radius 3 is 2.62 bits per heavy atom. The lowest BCUT2D eigenvalue weighted by Gasteiger charge is -2.02. The van der Waals surface area contributed by atoms with Crippen molar-refractivity contribution in [2.75, 3.05) is 0 Å². The van der Waals surface area contributed by atoms with Crippen LogP contribution in [0.1, 0.15) is 16.1 Å². The maximum atomic E-state index is 11.5. The first-order valence-corrected chi connectivity index (χ1v) is 4.85. The predicted octanol–water partition coefficient (Wildman–Crippen LogP) is 0.633. The normalized spacial score (nSPS) is 10.0. The lowest BCUT2D eigenvalue weighted by Crippen LogP contribution is -2.23. The predicted molar refractivity (Wildman–Crippen MR) is 59.0 cm³/mol. The molecule has 2 rings (SSSR count). The summed E-state index contributed by atoms with van der Waals surface area (Å²) in [5, 5.41) is 2.70. The van der Waals surface area contributed by atoms with Crippen molar-refractivity contribution in [3.63, 3.8) is 0 Å². The zero-order valence-corrected chi connectivity index (χ0v) is 8.49. The summed E-state index contributed by atoms with van der Waals surface area (Å²) in [6.07, 6.45) is 1.35. The fourth-order valence-corrected chi connectivity index (χ4v) is 1.33. The van der Waals surface area contributed by atoms with Gasteiger partial charge in [-0.1, -0.05) is 30.3 Å². The van der Waals surface area contributed by atoms with Gasteiger partial charge in [0.1, 0.15) is 5.69 Å². The van der Waals surface area contributed by atoms with Crippen molar-refractivity contribution in [3.05, 3.63) is 58.3 Å². The average Bonchev–Trinajstić information content (AvgIpc) is 2.74. The Kier molecular flexibility index (Phi) is 2.86. The lowest BCUT2D eigenvalue weighted by atomic mass is 10.2. The number of benzene rings is 1. The number of amides is 1. The Labute approximate surface area is 91.5 Å². The van der Waals surface area contributed by atoms with Crippen LogP contribution in [0, 0.1) is 0 Å². The van der Waals surface area contributed by atoms with E-state index in [1.54, 1.807) is 0 Å². The Hall–Kier alpha value is -2.30. The second-order valence-electron chi connectivity index (χ2n) is 3.32. The number of hydrogen-bond acceptors (Lipinski definition) is 2. The molecule has 0 fully saturated rings. The van der Waals surface area contributed by atoms with Crippen molar-refractivity contribution >= 4 is 5.91 Å². The summed E-state index contributed by atoms with van der Waals surface area (Å²) in [6, 6.07) is 9.55.